The number of anilines is 2. The fraction of sp³-hybridized carbons (Fsp3) is 0.579. The Morgan fingerprint density at radius 2 is 1.88 bits per heavy atom. The zero-order valence-electron chi connectivity index (χ0n) is 15.7. The second-order valence-corrected chi connectivity index (χ2v) is 7.85. The maximum Gasteiger partial charge on any atom is 0.407 e. The van der Waals surface area contributed by atoms with Gasteiger partial charge in [0.15, 0.2) is 0 Å². The summed E-state index contributed by atoms with van der Waals surface area (Å²) in [6, 6.07) is 5.57. The first-order valence-corrected chi connectivity index (χ1v) is 9.43. The zero-order chi connectivity index (χ0) is 19.2. The maximum atomic E-state index is 12.0. The van der Waals surface area contributed by atoms with E-state index in [1.807, 2.05) is 12.1 Å². The largest absolute Gasteiger partial charge is 0.444 e. The summed E-state index contributed by atoms with van der Waals surface area (Å²) in [5.74, 6) is -0.192. The molecule has 26 heavy (non-hydrogen) atoms. The molecule has 0 spiro atoms. The first kappa shape index (κ1) is 20.4. The van der Waals surface area contributed by atoms with Crippen molar-refractivity contribution < 1.29 is 14.3 Å². The number of alkyl carbamates (subject to hydrolysis) is 1. The summed E-state index contributed by atoms with van der Waals surface area (Å²) in [7, 11) is 0. The van der Waals surface area contributed by atoms with Gasteiger partial charge in [-0.3, -0.25) is 4.79 Å². The van der Waals surface area contributed by atoms with E-state index in [2.05, 4.69) is 15.5 Å². The molecule has 1 aromatic rings. The summed E-state index contributed by atoms with van der Waals surface area (Å²) in [4.78, 5) is 25.8. The van der Waals surface area contributed by atoms with E-state index in [4.69, 9.17) is 16.3 Å². The van der Waals surface area contributed by atoms with Crippen molar-refractivity contribution in [3.63, 3.8) is 0 Å². The lowest BCUT2D eigenvalue weighted by atomic mass is 10.1. The number of hydrogen-bond acceptors (Lipinski definition) is 4. The highest BCUT2D eigenvalue weighted by Gasteiger charge is 2.16. The fourth-order valence-corrected chi connectivity index (χ4v) is 3.09. The minimum Gasteiger partial charge on any atom is -0.444 e. The molecular formula is C19H28ClN3O3. The smallest absolute Gasteiger partial charge is 0.407 e. The van der Waals surface area contributed by atoms with Crippen LogP contribution in [0.5, 0.6) is 0 Å². The predicted molar refractivity (Wildman–Crippen MR) is 105 cm³/mol. The molecule has 2 rings (SSSR count). The molecule has 0 atom stereocenters. The van der Waals surface area contributed by atoms with Crippen molar-refractivity contribution in [2.75, 3.05) is 29.9 Å². The van der Waals surface area contributed by atoms with E-state index in [1.54, 1.807) is 26.8 Å². The van der Waals surface area contributed by atoms with Crippen molar-refractivity contribution in [3.8, 4) is 0 Å². The number of ether oxygens (including phenoxy) is 1. The van der Waals surface area contributed by atoms with Gasteiger partial charge in [0, 0.05) is 31.7 Å². The molecule has 0 aromatic heterocycles. The van der Waals surface area contributed by atoms with Gasteiger partial charge >= 0.3 is 6.09 Å². The van der Waals surface area contributed by atoms with Gasteiger partial charge in [0.05, 0.1) is 10.7 Å². The number of piperidine rings is 1. The van der Waals surface area contributed by atoms with E-state index < -0.39 is 11.7 Å². The molecule has 1 saturated heterocycles. The van der Waals surface area contributed by atoms with Gasteiger partial charge < -0.3 is 20.3 Å². The summed E-state index contributed by atoms with van der Waals surface area (Å²) < 4.78 is 5.12. The Hall–Kier alpha value is -1.95. The molecule has 1 fully saturated rings. The van der Waals surface area contributed by atoms with Gasteiger partial charge in [-0.25, -0.2) is 4.79 Å². The zero-order valence-corrected chi connectivity index (χ0v) is 16.5. The number of nitrogens with one attached hydrogen (secondary N) is 2. The minimum absolute atomic E-state index is 0.157. The van der Waals surface area contributed by atoms with Crippen LogP contribution < -0.4 is 15.5 Å². The first-order chi connectivity index (χ1) is 12.2. The highest BCUT2D eigenvalue weighted by molar-refractivity contribution is 6.33. The highest BCUT2D eigenvalue weighted by Crippen LogP contribution is 2.30. The average Bonchev–Trinajstić information content (AvgIpc) is 2.54. The van der Waals surface area contributed by atoms with E-state index in [-0.39, 0.29) is 18.9 Å². The lowest BCUT2D eigenvalue weighted by molar-refractivity contribution is -0.116. The van der Waals surface area contributed by atoms with Crippen LogP contribution in [-0.4, -0.2) is 37.2 Å². The molecule has 1 aliphatic rings. The van der Waals surface area contributed by atoms with Gasteiger partial charge in [0.2, 0.25) is 5.91 Å². The van der Waals surface area contributed by atoms with Crippen molar-refractivity contribution in [2.24, 2.45) is 0 Å². The van der Waals surface area contributed by atoms with Crippen molar-refractivity contribution in [1.29, 1.82) is 0 Å². The molecule has 6 nitrogen and oxygen atoms in total. The molecule has 0 aliphatic carbocycles. The molecule has 2 amide bonds. The van der Waals surface area contributed by atoms with Crippen LogP contribution in [0.4, 0.5) is 16.2 Å². The lowest BCUT2D eigenvalue weighted by Crippen LogP contribution is -2.34. The monoisotopic (exact) mass is 381 g/mol. The Labute approximate surface area is 160 Å². The van der Waals surface area contributed by atoms with E-state index >= 15 is 0 Å². The van der Waals surface area contributed by atoms with Gasteiger partial charge in [0.25, 0.3) is 0 Å². The quantitative estimate of drug-likeness (QED) is 0.802. The lowest BCUT2D eigenvalue weighted by Gasteiger charge is -2.29. The van der Waals surface area contributed by atoms with Crippen LogP contribution in [0.3, 0.4) is 0 Å². The van der Waals surface area contributed by atoms with E-state index in [0.29, 0.717) is 10.7 Å². The third-order valence-electron chi connectivity index (χ3n) is 3.95. The van der Waals surface area contributed by atoms with Crippen LogP contribution in [-0.2, 0) is 9.53 Å². The van der Waals surface area contributed by atoms with Crippen molar-refractivity contribution in [3.05, 3.63) is 23.2 Å². The molecule has 2 N–H and O–H groups in total. The first-order valence-electron chi connectivity index (χ1n) is 9.06. The van der Waals surface area contributed by atoms with Crippen LogP contribution in [0.2, 0.25) is 5.02 Å². The van der Waals surface area contributed by atoms with Crippen LogP contribution in [0, 0.1) is 0 Å². The predicted octanol–water partition coefficient (Wildman–Crippen LogP) is 4.18. The minimum atomic E-state index is -0.556. The van der Waals surface area contributed by atoms with E-state index in [9.17, 15) is 9.59 Å². The van der Waals surface area contributed by atoms with E-state index in [0.717, 1.165) is 18.8 Å². The Morgan fingerprint density at radius 1 is 1.19 bits per heavy atom. The second-order valence-electron chi connectivity index (χ2n) is 7.44. The molecule has 0 bridgehead atoms. The topological polar surface area (TPSA) is 70.7 Å². The molecule has 0 saturated carbocycles. The molecule has 0 unspecified atom stereocenters. The Kier molecular flexibility index (Phi) is 7.14. The SMILES string of the molecule is CC(C)(C)OC(=O)NCCC(=O)Nc1ccc(N2CCCCC2)c(Cl)c1. The second kappa shape index (κ2) is 9.12. The molecule has 1 heterocycles. The van der Waals surface area contributed by atoms with Gasteiger partial charge in [0.1, 0.15) is 5.60 Å². The van der Waals surface area contributed by atoms with Crippen molar-refractivity contribution in [2.45, 2.75) is 52.1 Å². The van der Waals surface area contributed by atoms with Crippen LogP contribution in [0.25, 0.3) is 0 Å². The standard InChI is InChI=1S/C19H28ClN3O3/c1-19(2,3)26-18(25)21-10-9-17(24)22-14-7-8-16(15(20)13-14)23-11-5-4-6-12-23/h7-8,13H,4-6,9-12H2,1-3H3,(H,21,25)(H,22,24). The van der Waals surface area contributed by atoms with Crippen molar-refractivity contribution >= 4 is 35.0 Å². The number of rotatable bonds is 5. The number of halogens is 1. The number of carbonyl (C=O) groups is 2. The van der Waals surface area contributed by atoms with Gasteiger partial charge in [-0.05, 0) is 58.2 Å². The molecule has 7 heteroatoms. The third-order valence-corrected chi connectivity index (χ3v) is 4.25. The Balaban J connectivity index is 1.80. The summed E-state index contributed by atoms with van der Waals surface area (Å²) in [5.41, 5.74) is 1.10. The van der Waals surface area contributed by atoms with Gasteiger partial charge in [-0.1, -0.05) is 11.6 Å². The number of carbonyl (C=O) groups excluding carboxylic acids is 2. The Bertz CT molecular complexity index is 637. The summed E-state index contributed by atoms with van der Waals surface area (Å²) in [5, 5.41) is 6.00. The van der Waals surface area contributed by atoms with Gasteiger partial charge in [-0.15, -0.1) is 0 Å². The average molecular weight is 382 g/mol. The molecular weight excluding hydrogens is 354 g/mol. The summed E-state index contributed by atoms with van der Waals surface area (Å²) >= 11 is 6.39. The summed E-state index contributed by atoms with van der Waals surface area (Å²) in [6.45, 7) is 7.60. The molecule has 1 aliphatic heterocycles. The number of hydrogen-bond donors (Lipinski definition) is 2. The molecule has 144 valence electrons. The van der Waals surface area contributed by atoms with Gasteiger partial charge in [-0.2, -0.15) is 0 Å². The fourth-order valence-electron chi connectivity index (χ4n) is 2.79. The number of nitrogens with zero attached hydrogens (tertiary/aromatic N) is 1. The number of amides is 2. The third kappa shape index (κ3) is 6.75. The normalized spacial score (nSPS) is 14.7. The molecule has 1 aromatic carbocycles. The van der Waals surface area contributed by atoms with Crippen LogP contribution in [0.15, 0.2) is 18.2 Å². The van der Waals surface area contributed by atoms with E-state index in [1.165, 1.54) is 19.3 Å². The van der Waals surface area contributed by atoms with Crippen molar-refractivity contribution in [1.82, 2.24) is 5.32 Å². The van der Waals surface area contributed by atoms with Crippen LogP contribution >= 0.6 is 11.6 Å². The molecule has 0 radical (unpaired) electrons. The highest BCUT2D eigenvalue weighted by atomic mass is 35.5. The summed E-state index contributed by atoms with van der Waals surface area (Å²) in [6.07, 6.45) is 3.25. The Morgan fingerprint density at radius 3 is 2.50 bits per heavy atom. The number of benzene rings is 1. The maximum absolute atomic E-state index is 12.0. The van der Waals surface area contributed by atoms with Crippen LogP contribution in [0.1, 0.15) is 46.5 Å².